The second kappa shape index (κ2) is 9.92. The summed E-state index contributed by atoms with van der Waals surface area (Å²) < 4.78 is 19.4. The summed E-state index contributed by atoms with van der Waals surface area (Å²) in [4.78, 5) is 13.6. The molecular formula is C27H33FN6O. The number of benzene rings is 2. The van der Waals surface area contributed by atoms with Gasteiger partial charge in [0.05, 0.1) is 17.1 Å². The van der Waals surface area contributed by atoms with Crippen LogP contribution in [0.15, 0.2) is 47.5 Å². The molecule has 0 unspecified atom stereocenters. The number of nitrogens with zero attached hydrogens (tertiary/aromatic N) is 4. The van der Waals surface area contributed by atoms with Gasteiger partial charge in [-0.2, -0.15) is 5.10 Å². The molecule has 0 atom stereocenters. The molecule has 0 fully saturated rings. The predicted octanol–water partition coefficient (Wildman–Crippen LogP) is 4.59. The van der Waals surface area contributed by atoms with Crippen LogP contribution in [-0.2, 0) is 13.0 Å². The van der Waals surface area contributed by atoms with Gasteiger partial charge in [0.2, 0.25) is 0 Å². The Morgan fingerprint density at radius 1 is 0.971 bits per heavy atom. The Labute approximate surface area is 205 Å². The molecule has 5 rings (SSSR count). The zero-order chi connectivity index (χ0) is 25.3. The van der Waals surface area contributed by atoms with Gasteiger partial charge in [0.15, 0.2) is 0 Å². The van der Waals surface area contributed by atoms with E-state index >= 15 is 0 Å². The Balaban J connectivity index is 0.00000141. The third kappa shape index (κ3) is 4.30. The molecule has 184 valence electrons. The van der Waals surface area contributed by atoms with Gasteiger partial charge in [0.25, 0.3) is 0 Å². The lowest BCUT2D eigenvalue weighted by atomic mass is 10.1. The van der Waals surface area contributed by atoms with E-state index in [1.807, 2.05) is 46.0 Å². The minimum Gasteiger partial charge on any atom is -0.388 e. The average molecular weight is 477 g/mol. The molecule has 0 saturated carbocycles. The lowest BCUT2D eigenvalue weighted by Crippen LogP contribution is -2.27. The largest absolute Gasteiger partial charge is 0.388 e. The highest BCUT2D eigenvalue weighted by Gasteiger charge is 2.25. The topological polar surface area (TPSA) is 68.8 Å². The van der Waals surface area contributed by atoms with E-state index in [9.17, 15) is 9.18 Å². The maximum atomic E-state index is 14.3. The van der Waals surface area contributed by atoms with E-state index in [2.05, 4.69) is 10.6 Å². The van der Waals surface area contributed by atoms with Gasteiger partial charge < -0.3 is 10.6 Å². The van der Waals surface area contributed by atoms with Crippen molar-refractivity contribution in [3.8, 4) is 17.2 Å². The fourth-order valence-corrected chi connectivity index (χ4v) is 4.57. The third-order valence-electron chi connectivity index (χ3n) is 6.31. The molecule has 8 heteroatoms. The maximum absolute atomic E-state index is 14.3. The van der Waals surface area contributed by atoms with Crippen LogP contribution in [0.25, 0.3) is 17.2 Å². The van der Waals surface area contributed by atoms with E-state index in [-0.39, 0.29) is 11.5 Å². The zero-order valence-corrected chi connectivity index (χ0v) is 21.2. The molecule has 0 radical (unpaired) electrons. The third-order valence-corrected chi connectivity index (χ3v) is 6.31. The summed E-state index contributed by atoms with van der Waals surface area (Å²) in [7, 11) is 1.88. The highest BCUT2D eigenvalue weighted by atomic mass is 19.1. The molecular weight excluding hydrogens is 443 g/mol. The summed E-state index contributed by atoms with van der Waals surface area (Å²) >= 11 is 0. The predicted molar refractivity (Wildman–Crippen MR) is 139 cm³/mol. The van der Waals surface area contributed by atoms with Gasteiger partial charge in [-0.1, -0.05) is 13.8 Å². The summed E-state index contributed by atoms with van der Waals surface area (Å²) in [5, 5.41) is 11.4. The minimum absolute atomic E-state index is 0.184. The molecule has 2 N–H and O–H groups in total. The number of hydrogen-bond donors (Lipinski definition) is 2. The van der Waals surface area contributed by atoms with E-state index in [1.165, 1.54) is 0 Å². The second-order valence-electron chi connectivity index (χ2n) is 8.55. The van der Waals surface area contributed by atoms with Crippen molar-refractivity contribution in [3.63, 3.8) is 0 Å². The smallest absolute Gasteiger partial charge is 0.338 e. The molecule has 0 bridgehead atoms. The standard InChI is InChI=1S/C25H27FN6O.C2H6/c1-15-11-18(5-6-21(15)27-4)30-9-10-31(25(30)33)24-20-14-28-8-7-22(20)29-32(24)19-12-16(2)23(26)17(3)13-19;1-2/h5-6,9-13,27-28H,7-8,14H2,1-4H3;1-2H3. The summed E-state index contributed by atoms with van der Waals surface area (Å²) in [6.45, 7) is 11.0. The van der Waals surface area contributed by atoms with Crippen molar-refractivity contribution in [2.24, 2.45) is 0 Å². The first-order valence-corrected chi connectivity index (χ1v) is 12.1. The van der Waals surface area contributed by atoms with Crippen molar-refractivity contribution in [1.82, 2.24) is 24.2 Å². The van der Waals surface area contributed by atoms with E-state index < -0.39 is 0 Å². The van der Waals surface area contributed by atoms with E-state index in [4.69, 9.17) is 5.10 Å². The monoisotopic (exact) mass is 476 g/mol. The van der Waals surface area contributed by atoms with Crippen LogP contribution in [0.4, 0.5) is 10.1 Å². The van der Waals surface area contributed by atoms with Gasteiger partial charge in [-0.25, -0.2) is 13.9 Å². The van der Waals surface area contributed by atoms with Crippen LogP contribution >= 0.6 is 0 Å². The van der Waals surface area contributed by atoms with E-state index in [0.29, 0.717) is 23.5 Å². The molecule has 2 aromatic heterocycles. The molecule has 0 spiro atoms. The van der Waals surface area contributed by atoms with Crippen LogP contribution < -0.4 is 16.3 Å². The first-order valence-electron chi connectivity index (χ1n) is 12.1. The van der Waals surface area contributed by atoms with Crippen LogP contribution in [0.3, 0.4) is 0 Å². The summed E-state index contributed by atoms with van der Waals surface area (Å²) in [5.41, 5.74) is 6.47. The molecule has 0 saturated heterocycles. The average Bonchev–Trinajstić information content (AvgIpc) is 3.43. The van der Waals surface area contributed by atoms with Crippen LogP contribution in [0.2, 0.25) is 0 Å². The van der Waals surface area contributed by atoms with Gasteiger partial charge in [-0.3, -0.25) is 9.13 Å². The van der Waals surface area contributed by atoms with E-state index in [1.54, 1.807) is 52.2 Å². The van der Waals surface area contributed by atoms with Crippen molar-refractivity contribution in [2.75, 3.05) is 18.9 Å². The molecule has 0 amide bonds. The SMILES string of the molecule is CC.CNc1ccc(-n2ccn(-c3c4c(nn3-c3cc(C)c(F)c(C)c3)CCNC4)c2=O)cc1C. The lowest BCUT2D eigenvalue weighted by molar-refractivity contribution is 0.608. The Morgan fingerprint density at radius 2 is 1.63 bits per heavy atom. The number of hydrogen-bond acceptors (Lipinski definition) is 4. The van der Waals surface area contributed by atoms with Crippen LogP contribution in [0.1, 0.15) is 41.8 Å². The van der Waals surface area contributed by atoms with Crippen LogP contribution in [-0.4, -0.2) is 32.5 Å². The quantitative estimate of drug-likeness (QED) is 0.452. The molecule has 0 aliphatic carbocycles. The van der Waals surface area contributed by atoms with Crippen molar-refractivity contribution in [2.45, 2.75) is 47.6 Å². The first kappa shape index (κ1) is 24.5. The summed E-state index contributed by atoms with van der Waals surface area (Å²) in [6.07, 6.45) is 4.32. The maximum Gasteiger partial charge on any atom is 0.338 e. The fourth-order valence-electron chi connectivity index (χ4n) is 4.57. The Bertz CT molecular complexity index is 1410. The Hall–Kier alpha value is -3.65. The van der Waals surface area contributed by atoms with Gasteiger partial charge in [-0.05, 0) is 67.8 Å². The first-order chi connectivity index (χ1) is 16.9. The molecule has 35 heavy (non-hydrogen) atoms. The Morgan fingerprint density at radius 3 is 2.29 bits per heavy atom. The molecule has 1 aliphatic heterocycles. The number of rotatable bonds is 4. The summed E-state index contributed by atoms with van der Waals surface area (Å²) in [6, 6.07) is 9.43. The zero-order valence-electron chi connectivity index (χ0n) is 21.2. The number of anilines is 1. The van der Waals surface area contributed by atoms with E-state index in [0.717, 1.165) is 46.8 Å². The van der Waals surface area contributed by atoms with Crippen molar-refractivity contribution in [1.29, 1.82) is 0 Å². The summed E-state index contributed by atoms with van der Waals surface area (Å²) in [5.74, 6) is 0.470. The number of fused-ring (bicyclic) bond motifs is 1. The van der Waals surface area contributed by atoms with Crippen LogP contribution in [0.5, 0.6) is 0 Å². The normalized spacial score (nSPS) is 12.7. The highest BCUT2D eigenvalue weighted by Crippen LogP contribution is 2.27. The lowest BCUT2D eigenvalue weighted by Gasteiger charge is -2.14. The van der Waals surface area contributed by atoms with Crippen molar-refractivity contribution < 1.29 is 4.39 Å². The van der Waals surface area contributed by atoms with Gasteiger partial charge in [0.1, 0.15) is 11.6 Å². The van der Waals surface area contributed by atoms with Crippen molar-refractivity contribution in [3.05, 3.63) is 87.0 Å². The molecule has 7 nitrogen and oxygen atoms in total. The van der Waals surface area contributed by atoms with Gasteiger partial charge in [0, 0.05) is 50.2 Å². The molecule has 4 aromatic rings. The minimum atomic E-state index is -0.220. The Kier molecular flexibility index (Phi) is 6.93. The highest BCUT2D eigenvalue weighted by molar-refractivity contribution is 5.55. The second-order valence-corrected chi connectivity index (χ2v) is 8.55. The molecule has 3 heterocycles. The van der Waals surface area contributed by atoms with Gasteiger partial charge in [-0.15, -0.1) is 0 Å². The van der Waals surface area contributed by atoms with Crippen LogP contribution in [0, 0.1) is 26.6 Å². The number of nitrogens with one attached hydrogen (secondary N) is 2. The molecule has 2 aromatic carbocycles. The van der Waals surface area contributed by atoms with Gasteiger partial charge >= 0.3 is 5.69 Å². The number of halogens is 1. The number of imidazole rings is 1. The number of aryl methyl sites for hydroxylation is 3. The fraction of sp³-hybridized carbons (Fsp3) is 0.333. The van der Waals surface area contributed by atoms with Crippen molar-refractivity contribution >= 4 is 5.69 Å². The molecule has 1 aliphatic rings. The number of aromatic nitrogens is 4.